The van der Waals surface area contributed by atoms with Crippen LogP contribution in [0, 0.1) is 0 Å². The molecule has 4 aliphatic carbocycles. The number of rotatable bonds is 5. The predicted octanol–water partition coefficient (Wildman–Crippen LogP) is 4.50. The number of aromatic nitrogens is 1. The summed E-state index contributed by atoms with van der Waals surface area (Å²) in [6.45, 7) is 5.45. The molecule has 6 nitrogen and oxygen atoms in total. The van der Waals surface area contributed by atoms with Gasteiger partial charge in [0.15, 0.2) is 0 Å². The average Bonchev–Trinajstić information content (AvgIpc) is 2.83. The first-order valence-corrected chi connectivity index (χ1v) is 10.1. The van der Waals surface area contributed by atoms with Gasteiger partial charge in [0.2, 0.25) is 0 Å². The van der Waals surface area contributed by atoms with Gasteiger partial charge in [-0.3, -0.25) is 4.74 Å². The number of hydrogen-bond acceptors (Lipinski definition) is 6. The highest BCUT2D eigenvalue weighted by molar-refractivity contribution is 7.11. The Morgan fingerprint density at radius 3 is 2.46 bits per heavy atom. The highest BCUT2D eigenvalue weighted by Crippen LogP contribution is 2.62. The lowest BCUT2D eigenvalue weighted by molar-refractivity contribution is -0.351. The van der Waals surface area contributed by atoms with E-state index in [4.69, 9.17) is 9.47 Å². The Hall–Kier alpha value is -1.55. The number of nitrogens with zero attached hydrogens (tertiary/aromatic N) is 1. The van der Waals surface area contributed by atoms with E-state index in [-0.39, 0.29) is 17.1 Å². The summed E-state index contributed by atoms with van der Waals surface area (Å²) in [4.78, 5) is 16.4. The van der Waals surface area contributed by atoms with E-state index in [1.54, 1.807) is 0 Å². The van der Waals surface area contributed by atoms with Crippen molar-refractivity contribution in [2.24, 2.45) is 0 Å². The van der Waals surface area contributed by atoms with Gasteiger partial charge in [0.25, 0.3) is 5.19 Å². The number of alkyl carbamates (subject to hydrolysis) is 1. The Morgan fingerprint density at radius 2 is 1.89 bits per heavy atom. The largest absolute Gasteiger partial charge is 0.522 e. The van der Waals surface area contributed by atoms with Crippen LogP contribution in [-0.4, -0.2) is 40.3 Å². The van der Waals surface area contributed by atoms with Crippen LogP contribution in [-0.2, 0) is 9.47 Å². The lowest BCUT2D eigenvalue weighted by Gasteiger charge is -2.68. The van der Waals surface area contributed by atoms with Crippen molar-refractivity contribution in [2.45, 2.75) is 88.0 Å². The molecule has 1 N–H and O–H groups in total. The minimum atomic E-state index is -4.58. The molecule has 0 unspecified atom stereocenters. The monoisotopic (exact) mass is 420 g/mol. The van der Waals surface area contributed by atoms with Crippen LogP contribution in [0.2, 0.25) is 0 Å². The van der Waals surface area contributed by atoms with E-state index in [1.165, 1.54) is 11.3 Å². The highest BCUT2D eigenvalue weighted by atomic mass is 32.1. The van der Waals surface area contributed by atoms with E-state index in [2.05, 4.69) is 15.0 Å². The number of ether oxygens (including phenoxy) is 3. The summed E-state index contributed by atoms with van der Waals surface area (Å²) in [7, 11) is 0. The first-order valence-electron chi connectivity index (χ1n) is 9.25. The summed E-state index contributed by atoms with van der Waals surface area (Å²) < 4.78 is 51.9. The molecule has 0 aliphatic heterocycles. The number of thiazole rings is 1. The molecule has 1 heterocycles. The first kappa shape index (κ1) is 19.8. The lowest BCUT2D eigenvalue weighted by Crippen LogP contribution is -2.80. The van der Waals surface area contributed by atoms with Crippen LogP contribution in [0.5, 0.6) is 5.19 Å². The number of nitrogens with one attached hydrogen (secondary N) is 1. The van der Waals surface area contributed by atoms with Crippen molar-refractivity contribution in [3.8, 4) is 5.19 Å². The van der Waals surface area contributed by atoms with Crippen molar-refractivity contribution in [3.05, 3.63) is 11.1 Å². The Labute approximate surface area is 164 Å². The Morgan fingerprint density at radius 1 is 1.25 bits per heavy atom. The third-order valence-corrected chi connectivity index (χ3v) is 6.10. The van der Waals surface area contributed by atoms with Crippen LogP contribution >= 0.6 is 11.3 Å². The first-order chi connectivity index (χ1) is 12.8. The number of carbonyl (C=O) groups is 1. The highest BCUT2D eigenvalue weighted by Gasteiger charge is 2.71. The van der Waals surface area contributed by atoms with E-state index in [9.17, 15) is 18.0 Å². The third kappa shape index (κ3) is 4.07. The molecule has 1 aromatic heterocycles. The Bertz CT molecular complexity index is 748. The van der Waals surface area contributed by atoms with Crippen molar-refractivity contribution in [3.63, 3.8) is 0 Å². The molecule has 156 valence electrons. The number of amides is 1. The fourth-order valence-corrected chi connectivity index (χ4v) is 5.09. The van der Waals surface area contributed by atoms with Crippen LogP contribution in [0.3, 0.4) is 0 Å². The van der Waals surface area contributed by atoms with Crippen molar-refractivity contribution >= 4 is 17.4 Å². The van der Waals surface area contributed by atoms with Gasteiger partial charge in [-0.25, -0.2) is 9.78 Å². The molecule has 4 saturated carbocycles. The van der Waals surface area contributed by atoms with Gasteiger partial charge in [-0.15, -0.1) is 13.2 Å². The standard InChI is InChI=1S/C18H23F3N2O4S/c1-15(2,3)26-13(24)23-16-7-17(8-16,9-16)27-14-22-12(6-28-14)10-4-11(5-10)25-18(19,20)21/h6,10-11H,4-5,7-9H2,1-3H3,(H,23,24). The van der Waals surface area contributed by atoms with E-state index in [1.807, 2.05) is 26.2 Å². The zero-order valence-corrected chi connectivity index (χ0v) is 16.7. The van der Waals surface area contributed by atoms with E-state index < -0.39 is 24.2 Å². The topological polar surface area (TPSA) is 69.7 Å². The van der Waals surface area contributed by atoms with Crippen LogP contribution in [0.4, 0.5) is 18.0 Å². The average molecular weight is 420 g/mol. The summed E-state index contributed by atoms with van der Waals surface area (Å²) in [6, 6.07) is 0. The second-order valence-electron chi connectivity index (χ2n) is 9.11. The second-order valence-corrected chi connectivity index (χ2v) is 9.94. The number of hydrogen-bond donors (Lipinski definition) is 1. The molecule has 2 bridgehead atoms. The van der Waals surface area contributed by atoms with Crippen LogP contribution in [0.25, 0.3) is 0 Å². The second kappa shape index (κ2) is 6.22. The molecule has 0 aromatic carbocycles. The normalized spacial score (nSPS) is 33.9. The van der Waals surface area contributed by atoms with Crippen LogP contribution in [0.15, 0.2) is 5.38 Å². The van der Waals surface area contributed by atoms with Gasteiger partial charge in [-0.05, 0) is 33.6 Å². The number of halogens is 3. The number of alkyl halides is 3. The molecule has 1 amide bonds. The van der Waals surface area contributed by atoms with E-state index in [0.717, 1.165) is 5.69 Å². The third-order valence-electron chi connectivity index (χ3n) is 5.37. The summed E-state index contributed by atoms with van der Waals surface area (Å²) in [6.07, 6.45) is -3.03. The van der Waals surface area contributed by atoms with E-state index in [0.29, 0.717) is 37.3 Å². The van der Waals surface area contributed by atoms with Gasteiger partial charge in [-0.1, -0.05) is 11.3 Å². The minimum Gasteiger partial charge on any atom is -0.463 e. The molecule has 0 atom stereocenters. The summed E-state index contributed by atoms with van der Waals surface area (Å²) in [5, 5.41) is 5.29. The van der Waals surface area contributed by atoms with E-state index >= 15 is 0 Å². The minimum absolute atomic E-state index is 0.0193. The van der Waals surface area contributed by atoms with Gasteiger partial charge in [0, 0.05) is 30.6 Å². The molecule has 5 rings (SSSR count). The molecule has 4 aliphatic rings. The van der Waals surface area contributed by atoms with Crippen molar-refractivity contribution in [1.82, 2.24) is 10.3 Å². The molecule has 0 radical (unpaired) electrons. The molecule has 28 heavy (non-hydrogen) atoms. The maximum Gasteiger partial charge on any atom is 0.522 e. The number of carbonyl (C=O) groups excluding carboxylic acids is 1. The van der Waals surface area contributed by atoms with Crippen molar-refractivity contribution in [1.29, 1.82) is 0 Å². The summed E-state index contributed by atoms with van der Waals surface area (Å²) in [5.41, 5.74) is -0.329. The maximum atomic E-state index is 12.2. The molecule has 4 fully saturated rings. The van der Waals surface area contributed by atoms with Gasteiger partial charge in [-0.2, -0.15) is 0 Å². The van der Waals surface area contributed by atoms with Crippen molar-refractivity contribution < 1.29 is 32.2 Å². The summed E-state index contributed by atoms with van der Waals surface area (Å²) in [5.74, 6) is -0.0193. The van der Waals surface area contributed by atoms with Crippen LogP contribution < -0.4 is 10.1 Å². The lowest BCUT2D eigenvalue weighted by atomic mass is 9.46. The zero-order valence-electron chi connectivity index (χ0n) is 15.9. The van der Waals surface area contributed by atoms with Gasteiger partial charge < -0.3 is 14.8 Å². The Kier molecular flexibility index (Phi) is 4.39. The molecular formula is C18H23F3N2O4S. The molecule has 0 saturated heterocycles. The van der Waals surface area contributed by atoms with Crippen molar-refractivity contribution in [2.75, 3.05) is 0 Å². The quantitative estimate of drug-likeness (QED) is 0.759. The zero-order chi connectivity index (χ0) is 20.4. The smallest absolute Gasteiger partial charge is 0.463 e. The predicted molar refractivity (Wildman–Crippen MR) is 94.3 cm³/mol. The van der Waals surface area contributed by atoms with Gasteiger partial charge in [0.1, 0.15) is 11.2 Å². The molecular weight excluding hydrogens is 397 g/mol. The SMILES string of the molecule is CC(C)(C)OC(=O)NC12CC(Oc3nc(C4CC(OC(F)(F)F)C4)cs3)(C1)C2. The molecule has 0 spiro atoms. The van der Waals surface area contributed by atoms with Gasteiger partial charge in [0.05, 0.1) is 17.3 Å². The fraction of sp³-hybridized carbons (Fsp3) is 0.778. The van der Waals surface area contributed by atoms with Gasteiger partial charge >= 0.3 is 12.5 Å². The van der Waals surface area contributed by atoms with Crippen LogP contribution in [0.1, 0.15) is 64.5 Å². The Balaban J connectivity index is 1.22. The molecule has 1 aromatic rings. The fourth-order valence-electron chi connectivity index (χ4n) is 4.24. The molecule has 10 heteroatoms. The summed E-state index contributed by atoms with van der Waals surface area (Å²) >= 11 is 1.35. The maximum absolute atomic E-state index is 12.2.